The number of carboxylic acids is 1. The molecule has 2 fully saturated rings. The zero-order valence-electron chi connectivity index (χ0n) is 12.7. The highest BCUT2D eigenvalue weighted by atomic mass is 19.1. The van der Waals surface area contributed by atoms with E-state index in [0.29, 0.717) is 11.8 Å². The Morgan fingerprint density at radius 3 is 2.39 bits per heavy atom. The molecule has 3 atom stereocenters. The zero-order chi connectivity index (χ0) is 16.4. The molecule has 2 aliphatic rings. The van der Waals surface area contributed by atoms with Crippen molar-refractivity contribution in [3.63, 3.8) is 0 Å². The lowest BCUT2D eigenvalue weighted by Crippen LogP contribution is -2.41. The van der Waals surface area contributed by atoms with Crippen molar-refractivity contribution in [3.05, 3.63) is 30.1 Å². The van der Waals surface area contributed by atoms with E-state index in [2.05, 4.69) is 5.32 Å². The van der Waals surface area contributed by atoms with E-state index in [1.165, 1.54) is 37.1 Å². The van der Waals surface area contributed by atoms with E-state index < -0.39 is 17.9 Å². The van der Waals surface area contributed by atoms with Gasteiger partial charge in [-0.1, -0.05) is 12.8 Å². The van der Waals surface area contributed by atoms with Crippen LogP contribution in [0.3, 0.4) is 0 Å². The summed E-state index contributed by atoms with van der Waals surface area (Å²) < 4.78 is 18.2. The number of halogens is 1. The fourth-order valence-electron chi connectivity index (χ4n) is 3.55. The highest BCUT2D eigenvalue weighted by molar-refractivity contribution is 5.83. The first kappa shape index (κ1) is 15.8. The highest BCUT2D eigenvalue weighted by Crippen LogP contribution is 2.55. The molecule has 124 valence electrons. The van der Waals surface area contributed by atoms with E-state index in [1.54, 1.807) is 0 Å². The number of ether oxygens (including phenoxy) is 1. The average molecular weight is 321 g/mol. The van der Waals surface area contributed by atoms with Crippen molar-refractivity contribution >= 4 is 11.9 Å². The molecule has 0 spiro atoms. The first-order chi connectivity index (χ1) is 11.1. The van der Waals surface area contributed by atoms with E-state index >= 15 is 0 Å². The van der Waals surface area contributed by atoms with Gasteiger partial charge in [-0.2, -0.15) is 0 Å². The molecule has 0 saturated heterocycles. The van der Waals surface area contributed by atoms with Gasteiger partial charge in [-0.15, -0.1) is 0 Å². The number of carbonyl (C=O) groups excluding carboxylic acids is 1. The highest BCUT2D eigenvalue weighted by Gasteiger charge is 2.54. The summed E-state index contributed by atoms with van der Waals surface area (Å²) in [6.07, 6.45) is 3.35. The van der Waals surface area contributed by atoms with Crippen molar-refractivity contribution in [1.82, 2.24) is 5.32 Å². The van der Waals surface area contributed by atoms with Crippen molar-refractivity contribution in [2.45, 2.75) is 31.8 Å². The van der Waals surface area contributed by atoms with Gasteiger partial charge in [-0.25, -0.2) is 9.18 Å². The van der Waals surface area contributed by atoms with Crippen molar-refractivity contribution < 1.29 is 23.8 Å². The second kappa shape index (κ2) is 6.56. The molecule has 3 unspecified atom stereocenters. The van der Waals surface area contributed by atoms with Gasteiger partial charge in [0.15, 0.2) is 0 Å². The van der Waals surface area contributed by atoms with Crippen molar-refractivity contribution in [1.29, 1.82) is 0 Å². The minimum absolute atomic E-state index is 0.0396. The second-order valence-electron chi connectivity index (χ2n) is 6.28. The van der Waals surface area contributed by atoms with Crippen LogP contribution in [0.15, 0.2) is 24.3 Å². The van der Waals surface area contributed by atoms with E-state index in [4.69, 9.17) is 4.74 Å². The molecule has 2 aliphatic carbocycles. The molecule has 6 heteroatoms. The number of carboxylic acid groups (broad SMARTS) is 1. The van der Waals surface area contributed by atoms with Gasteiger partial charge in [0.05, 0.1) is 6.54 Å². The quantitative estimate of drug-likeness (QED) is 0.842. The normalized spacial score (nSPS) is 26.7. The van der Waals surface area contributed by atoms with Crippen LogP contribution in [0, 0.1) is 23.6 Å². The maximum Gasteiger partial charge on any atom is 0.346 e. The third-order valence-corrected chi connectivity index (χ3v) is 4.79. The number of fused-ring (bicyclic) bond motifs is 1. The molecule has 5 nitrogen and oxygen atoms in total. The molecule has 0 heterocycles. The van der Waals surface area contributed by atoms with Gasteiger partial charge in [0.25, 0.3) is 0 Å². The standard InChI is InChI=1S/C17H20FNO4/c18-10-5-7-11(8-6-10)23-14(17(21)22)9-19-16(20)15-12-3-1-2-4-13(12)15/h5-8,12-15H,1-4,9H2,(H,19,20)(H,21,22). The summed E-state index contributed by atoms with van der Waals surface area (Å²) in [5.41, 5.74) is 0. The first-order valence-electron chi connectivity index (χ1n) is 7.99. The number of hydrogen-bond donors (Lipinski definition) is 2. The van der Waals surface area contributed by atoms with Gasteiger partial charge >= 0.3 is 5.97 Å². The molecule has 2 saturated carbocycles. The minimum atomic E-state index is -1.19. The summed E-state index contributed by atoms with van der Waals surface area (Å²) in [5, 5.41) is 11.9. The molecule has 1 amide bonds. The van der Waals surface area contributed by atoms with Crippen molar-refractivity contribution in [3.8, 4) is 5.75 Å². The van der Waals surface area contributed by atoms with Crippen LogP contribution in [-0.2, 0) is 9.59 Å². The van der Waals surface area contributed by atoms with Crippen LogP contribution in [0.1, 0.15) is 25.7 Å². The van der Waals surface area contributed by atoms with Crippen LogP contribution in [0.25, 0.3) is 0 Å². The van der Waals surface area contributed by atoms with Crippen LogP contribution in [0.2, 0.25) is 0 Å². The topological polar surface area (TPSA) is 75.6 Å². The van der Waals surface area contributed by atoms with E-state index in [1.807, 2.05) is 0 Å². The number of aliphatic carboxylic acids is 1. The smallest absolute Gasteiger partial charge is 0.346 e. The third kappa shape index (κ3) is 3.63. The molecule has 1 aromatic carbocycles. The minimum Gasteiger partial charge on any atom is -0.478 e. The Hall–Kier alpha value is -2.11. The predicted octanol–water partition coefficient (Wildman–Crippen LogP) is 2.21. The summed E-state index contributed by atoms with van der Waals surface area (Å²) >= 11 is 0. The molecule has 1 aromatic rings. The van der Waals surface area contributed by atoms with Crippen LogP contribution in [-0.4, -0.2) is 29.6 Å². The van der Waals surface area contributed by atoms with Crippen molar-refractivity contribution in [2.24, 2.45) is 17.8 Å². The summed E-state index contributed by atoms with van der Waals surface area (Å²) in [4.78, 5) is 23.5. The number of nitrogens with one attached hydrogen (secondary N) is 1. The molecule has 0 aliphatic heterocycles. The lowest BCUT2D eigenvalue weighted by atomic mass is 10.0. The monoisotopic (exact) mass is 321 g/mol. The molecule has 0 radical (unpaired) electrons. The van der Waals surface area contributed by atoms with E-state index in [-0.39, 0.29) is 24.1 Å². The van der Waals surface area contributed by atoms with Gasteiger partial charge in [0, 0.05) is 5.92 Å². The fraction of sp³-hybridized carbons (Fsp3) is 0.529. The number of rotatable bonds is 6. The number of carbonyl (C=O) groups is 2. The first-order valence-corrected chi connectivity index (χ1v) is 7.99. The van der Waals surface area contributed by atoms with Crippen LogP contribution in [0.4, 0.5) is 4.39 Å². The summed E-state index contributed by atoms with van der Waals surface area (Å²) in [5.74, 6) is -0.409. The van der Waals surface area contributed by atoms with Crippen LogP contribution < -0.4 is 10.1 Å². The lowest BCUT2D eigenvalue weighted by molar-refractivity contribution is -0.145. The largest absolute Gasteiger partial charge is 0.478 e. The van der Waals surface area contributed by atoms with Gasteiger partial charge in [-0.05, 0) is 48.9 Å². The van der Waals surface area contributed by atoms with E-state index in [0.717, 1.165) is 12.8 Å². The Labute approximate surface area is 133 Å². The number of hydrogen-bond acceptors (Lipinski definition) is 3. The Morgan fingerprint density at radius 2 is 1.83 bits per heavy atom. The van der Waals surface area contributed by atoms with Crippen molar-refractivity contribution in [2.75, 3.05) is 6.54 Å². The third-order valence-electron chi connectivity index (χ3n) is 4.79. The maximum atomic E-state index is 12.8. The Morgan fingerprint density at radius 1 is 1.22 bits per heavy atom. The lowest BCUT2D eigenvalue weighted by Gasteiger charge is -2.16. The predicted molar refractivity (Wildman–Crippen MR) is 80.4 cm³/mol. The Kier molecular flexibility index (Phi) is 4.50. The Balaban J connectivity index is 1.52. The maximum absolute atomic E-state index is 12.8. The van der Waals surface area contributed by atoms with Gasteiger partial charge < -0.3 is 15.2 Å². The molecular formula is C17H20FNO4. The molecule has 0 aromatic heterocycles. The van der Waals surface area contributed by atoms with Gasteiger partial charge in [0.1, 0.15) is 11.6 Å². The van der Waals surface area contributed by atoms with Crippen LogP contribution in [0.5, 0.6) is 5.75 Å². The van der Waals surface area contributed by atoms with Crippen LogP contribution >= 0.6 is 0 Å². The second-order valence-corrected chi connectivity index (χ2v) is 6.28. The number of amides is 1. The molecular weight excluding hydrogens is 301 g/mol. The molecule has 0 bridgehead atoms. The summed E-state index contributed by atoms with van der Waals surface area (Å²) in [7, 11) is 0. The zero-order valence-corrected chi connectivity index (χ0v) is 12.7. The SMILES string of the molecule is O=C(O)C(CNC(=O)C1C2CCCCC21)Oc1ccc(F)cc1. The average Bonchev–Trinajstić information content (AvgIpc) is 3.27. The summed E-state index contributed by atoms with van der Waals surface area (Å²) in [6, 6.07) is 5.12. The molecule has 23 heavy (non-hydrogen) atoms. The molecule has 3 rings (SSSR count). The molecule has 2 N–H and O–H groups in total. The van der Waals surface area contributed by atoms with Gasteiger partial charge in [-0.3, -0.25) is 4.79 Å². The van der Waals surface area contributed by atoms with E-state index in [9.17, 15) is 19.1 Å². The fourth-order valence-corrected chi connectivity index (χ4v) is 3.55. The summed E-state index contributed by atoms with van der Waals surface area (Å²) in [6.45, 7) is -0.0958. The number of benzene rings is 1. The Bertz CT molecular complexity index is 577. The van der Waals surface area contributed by atoms with Gasteiger partial charge in [0.2, 0.25) is 12.0 Å².